The number of rotatable bonds is 2. The van der Waals surface area contributed by atoms with Crippen LogP contribution in [0.25, 0.3) is 0 Å². The normalized spacial score (nSPS) is 17.5. The highest BCUT2D eigenvalue weighted by molar-refractivity contribution is 7.14. The van der Waals surface area contributed by atoms with E-state index in [2.05, 4.69) is 15.2 Å². The van der Waals surface area contributed by atoms with Crippen LogP contribution < -0.4 is 0 Å². The van der Waals surface area contributed by atoms with Crippen molar-refractivity contribution in [2.24, 2.45) is 0 Å². The molecule has 1 atom stereocenters. The van der Waals surface area contributed by atoms with Crippen LogP contribution in [-0.4, -0.2) is 47.7 Å². The first-order valence-electron chi connectivity index (χ1n) is 8.00. The first-order valence-corrected chi connectivity index (χ1v) is 8.81. The molecule has 0 aliphatic carbocycles. The number of carboxylic acids is 1. The van der Waals surface area contributed by atoms with Gasteiger partial charge in [0.1, 0.15) is 16.7 Å². The van der Waals surface area contributed by atoms with Crippen LogP contribution in [0.5, 0.6) is 0 Å². The van der Waals surface area contributed by atoms with Crippen molar-refractivity contribution in [1.29, 1.82) is 0 Å². The average molecular weight is 363 g/mol. The summed E-state index contributed by atoms with van der Waals surface area (Å²) in [5, 5.41) is 18.5. The van der Waals surface area contributed by atoms with Gasteiger partial charge in [0.15, 0.2) is 5.82 Å². The van der Waals surface area contributed by atoms with Gasteiger partial charge in [-0.2, -0.15) is 0 Å². The summed E-state index contributed by atoms with van der Waals surface area (Å²) in [6, 6.07) is -0.950. The zero-order chi connectivity index (χ0) is 18.5. The summed E-state index contributed by atoms with van der Waals surface area (Å²) in [4.78, 5) is 31.2. The number of amides is 1. The van der Waals surface area contributed by atoms with Crippen molar-refractivity contribution in [2.75, 3.05) is 0 Å². The molecule has 3 heterocycles. The molecular formula is C16H21N5O3S. The standard InChI is InChI=1S/C16H21N5O3S/c1-8-12(25-15(17-8)16(3,4)5)13(22)21-7-11-19-18-9(2)20(11)6-10(21)14(23)24/h10H,6-7H2,1-5H3,(H,23,24). The highest BCUT2D eigenvalue weighted by Crippen LogP contribution is 2.31. The molecule has 2 aromatic rings. The fourth-order valence-electron chi connectivity index (χ4n) is 2.78. The lowest BCUT2D eigenvalue weighted by Gasteiger charge is -2.33. The van der Waals surface area contributed by atoms with Gasteiger partial charge >= 0.3 is 5.97 Å². The average Bonchev–Trinajstić information content (AvgIpc) is 3.08. The third kappa shape index (κ3) is 3.04. The van der Waals surface area contributed by atoms with E-state index >= 15 is 0 Å². The summed E-state index contributed by atoms with van der Waals surface area (Å²) in [7, 11) is 0. The Hall–Kier alpha value is -2.29. The molecule has 1 aliphatic heterocycles. The fourth-order valence-corrected chi connectivity index (χ4v) is 3.86. The Morgan fingerprint density at radius 3 is 2.48 bits per heavy atom. The number of thiazole rings is 1. The predicted octanol–water partition coefficient (Wildman–Crippen LogP) is 1.76. The van der Waals surface area contributed by atoms with Crippen LogP contribution in [0.1, 0.15) is 52.8 Å². The Labute approximate surface area is 149 Å². The molecule has 9 heteroatoms. The summed E-state index contributed by atoms with van der Waals surface area (Å²) in [6.45, 7) is 9.93. The lowest BCUT2D eigenvalue weighted by atomic mass is 9.98. The molecule has 1 amide bonds. The molecule has 1 aliphatic rings. The number of aliphatic carboxylic acids is 1. The Morgan fingerprint density at radius 2 is 1.92 bits per heavy atom. The van der Waals surface area contributed by atoms with E-state index in [0.717, 1.165) is 5.01 Å². The number of hydrogen-bond donors (Lipinski definition) is 1. The van der Waals surface area contributed by atoms with E-state index in [1.807, 2.05) is 20.8 Å². The number of fused-ring (bicyclic) bond motifs is 1. The smallest absolute Gasteiger partial charge is 0.328 e. The molecule has 0 saturated heterocycles. The van der Waals surface area contributed by atoms with Crippen molar-refractivity contribution in [3.05, 3.63) is 27.2 Å². The minimum Gasteiger partial charge on any atom is -0.480 e. The molecule has 0 saturated carbocycles. The molecular weight excluding hydrogens is 342 g/mol. The van der Waals surface area contributed by atoms with Crippen molar-refractivity contribution >= 4 is 23.2 Å². The number of carboxylic acid groups (broad SMARTS) is 1. The van der Waals surface area contributed by atoms with E-state index in [1.165, 1.54) is 16.2 Å². The Kier molecular flexibility index (Phi) is 4.14. The number of hydrogen-bond acceptors (Lipinski definition) is 6. The van der Waals surface area contributed by atoms with Crippen LogP contribution in [0.3, 0.4) is 0 Å². The third-order valence-electron chi connectivity index (χ3n) is 4.23. The van der Waals surface area contributed by atoms with Crippen LogP contribution in [0.2, 0.25) is 0 Å². The maximum Gasteiger partial charge on any atom is 0.328 e. The first-order chi connectivity index (χ1) is 11.6. The van der Waals surface area contributed by atoms with Crippen molar-refractivity contribution in [1.82, 2.24) is 24.6 Å². The summed E-state index contributed by atoms with van der Waals surface area (Å²) in [6.07, 6.45) is 0. The maximum atomic E-state index is 13.1. The highest BCUT2D eigenvalue weighted by Gasteiger charge is 2.38. The van der Waals surface area contributed by atoms with Gasteiger partial charge in [0, 0.05) is 5.41 Å². The molecule has 134 valence electrons. The van der Waals surface area contributed by atoms with Crippen molar-refractivity contribution in [2.45, 2.75) is 59.2 Å². The number of carbonyl (C=O) groups excluding carboxylic acids is 1. The van der Waals surface area contributed by atoms with Crippen molar-refractivity contribution in [3.8, 4) is 0 Å². The maximum absolute atomic E-state index is 13.1. The molecule has 2 aromatic heterocycles. The molecule has 0 spiro atoms. The van der Waals surface area contributed by atoms with E-state index < -0.39 is 12.0 Å². The zero-order valence-electron chi connectivity index (χ0n) is 14.9. The van der Waals surface area contributed by atoms with Crippen LogP contribution in [-0.2, 0) is 23.3 Å². The van der Waals surface area contributed by atoms with Gasteiger partial charge < -0.3 is 14.6 Å². The van der Waals surface area contributed by atoms with Gasteiger partial charge in [-0.1, -0.05) is 20.8 Å². The van der Waals surface area contributed by atoms with Gasteiger partial charge in [-0.25, -0.2) is 9.78 Å². The number of aromatic nitrogens is 4. The van der Waals surface area contributed by atoms with E-state index in [4.69, 9.17) is 0 Å². The Balaban J connectivity index is 1.98. The van der Waals surface area contributed by atoms with E-state index in [9.17, 15) is 14.7 Å². The lowest BCUT2D eigenvalue weighted by Crippen LogP contribution is -2.50. The van der Waals surface area contributed by atoms with Crippen LogP contribution in [0, 0.1) is 13.8 Å². The summed E-state index contributed by atoms with van der Waals surface area (Å²) in [5.41, 5.74) is 0.464. The van der Waals surface area contributed by atoms with E-state index in [-0.39, 0.29) is 24.4 Å². The van der Waals surface area contributed by atoms with Gasteiger partial charge in [-0.05, 0) is 13.8 Å². The molecule has 1 N–H and O–H groups in total. The minimum atomic E-state index is -1.04. The molecule has 0 radical (unpaired) electrons. The summed E-state index contributed by atoms with van der Waals surface area (Å²) >= 11 is 1.33. The molecule has 0 bridgehead atoms. The van der Waals surface area contributed by atoms with Gasteiger partial charge in [0.25, 0.3) is 5.91 Å². The van der Waals surface area contributed by atoms with Gasteiger partial charge in [-0.3, -0.25) is 4.79 Å². The first kappa shape index (κ1) is 17.5. The van der Waals surface area contributed by atoms with Gasteiger partial charge in [-0.15, -0.1) is 21.5 Å². The number of carbonyl (C=O) groups is 2. The number of nitrogens with zero attached hydrogens (tertiary/aromatic N) is 5. The van der Waals surface area contributed by atoms with E-state index in [1.54, 1.807) is 18.4 Å². The fraction of sp³-hybridized carbons (Fsp3) is 0.562. The molecule has 8 nitrogen and oxygen atoms in total. The topological polar surface area (TPSA) is 101 Å². The molecule has 0 aromatic carbocycles. The largest absolute Gasteiger partial charge is 0.480 e. The SMILES string of the molecule is Cc1nc(C(C)(C)C)sc1C(=O)N1Cc2nnc(C)n2CC1C(=O)O. The lowest BCUT2D eigenvalue weighted by molar-refractivity contribution is -0.143. The molecule has 3 rings (SSSR count). The second kappa shape index (κ2) is 5.91. The van der Waals surface area contributed by atoms with Crippen LogP contribution >= 0.6 is 11.3 Å². The Morgan fingerprint density at radius 1 is 1.24 bits per heavy atom. The van der Waals surface area contributed by atoms with Crippen molar-refractivity contribution in [3.63, 3.8) is 0 Å². The second-order valence-electron chi connectivity index (χ2n) is 7.24. The van der Waals surface area contributed by atoms with Crippen LogP contribution in [0.4, 0.5) is 0 Å². The highest BCUT2D eigenvalue weighted by atomic mass is 32.1. The zero-order valence-corrected chi connectivity index (χ0v) is 15.7. The van der Waals surface area contributed by atoms with Gasteiger partial charge in [0.2, 0.25) is 0 Å². The summed E-state index contributed by atoms with van der Waals surface area (Å²) < 4.78 is 1.75. The Bertz CT molecular complexity index is 849. The van der Waals surface area contributed by atoms with Crippen molar-refractivity contribution < 1.29 is 14.7 Å². The predicted molar refractivity (Wildman–Crippen MR) is 91.6 cm³/mol. The minimum absolute atomic E-state index is 0.124. The second-order valence-corrected chi connectivity index (χ2v) is 8.24. The number of aryl methyl sites for hydroxylation is 2. The molecule has 25 heavy (non-hydrogen) atoms. The summed E-state index contributed by atoms with van der Waals surface area (Å²) in [5.74, 6) is -0.103. The van der Waals surface area contributed by atoms with E-state index in [0.29, 0.717) is 22.2 Å². The quantitative estimate of drug-likeness (QED) is 0.872. The van der Waals surface area contributed by atoms with Crippen LogP contribution in [0.15, 0.2) is 0 Å². The van der Waals surface area contributed by atoms with Gasteiger partial charge in [0.05, 0.1) is 23.8 Å². The monoisotopic (exact) mass is 363 g/mol. The molecule has 1 unspecified atom stereocenters. The molecule has 0 fully saturated rings. The third-order valence-corrected chi connectivity index (χ3v) is 5.81.